The predicted octanol–water partition coefficient (Wildman–Crippen LogP) is 1.46. The minimum atomic E-state index is -3.14. The zero-order chi connectivity index (χ0) is 14.1. The molecule has 5 nitrogen and oxygen atoms in total. The monoisotopic (exact) mass is 304 g/mol. The third-order valence-corrected chi connectivity index (χ3v) is 5.53. The number of aromatic nitrogens is 1. The van der Waals surface area contributed by atoms with Crippen LogP contribution in [-0.4, -0.2) is 30.8 Å². The van der Waals surface area contributed by atoms with Gasteiger partial charge in [-0.15, -0.1) is 11.3 Å². The Kier molecular flexibility index (Phi) is 4.29. The van der Waals surface area contributed by atoms with E-state index in [4.69, 9.17) is 0 Å². The fourth-order valence-electron chi connectivity index (χ4n) is 2.72. The van der Waals surface area contributed by atoms with Crippen LogP contribution in [0.3, 0.4) is 0 Å². The van der Waals surface area contributed by atoms with Gasteiger partial charge in [-0.1, -0.05) is 0 Å². The summed E-state index contributed by atoms with van der Waals surface area (Å²) in [6.07, 6.45) is 6.02. The molecule has 1 atom stereocenters. The van der Waals surface area contributed by atoms with E-state index in [1.54, 1.807) is 13.1 Å². The zero-order valence-electron chi connectivity index (χ0n) is 11.2. The van der Waals surface area contributed by atoms with Gasteiger partial charge in [0, 0.05) is 17.6 Å². The van der Waals surface area contributed by atoms with E-state index in [1.165, 1.54) is 17.6 Å². The summed E-state index contributed by atoms with van der Waals surface area (Å²) < 4.78 is 25.0. The van der Waals surface area contributed by atoms with Crippen LogP contribution >= 0.6 is 11.3 Å². The molecule has 1 saturated carbocycles. The summed E-state index contributed by atoms with van der Waals surface area (Å²) in [5.41, 5.74) is -0.912. The molecule has 0 radical (unpaired) electrons. The van der Waals surface area contributed by atoms with Crippen molar-refractivity contribution >= 4 is 21.4 Å². The van der Waals surface area contributed by atoms with Gasteiger partial charge in [-0.3, -0.25) is 0 Å². The number of nitrogens with zero attached hydrogens (tertiary/aromatic N) is 1. The van der Waals surface area contributed by atoms with Crippen LogP contribution in [0.4, 0.5) is 0 Å². The molecular formula is C12H20N2O3S2. The van der Waals surface area contributed by atoms with E-state index in [0.29, 0.717) is 0 Å². The average Bonchev–Trinajstić information content (AvgIpc) is 2.81. The van der Waals surface area contributed by atoms with Crippen LogP contribution in [-0.2, 0) is 15.6 Å². The molecule has 19 heavy (non-hydrogen) atoms. The van der Waals surface area contributed by atoms with Crippen molar-refractivity contribution in [3.05, 3.63) is 16.6 Å². The third kappa shape index (κ3) is 3.75. The summed E-state index contributed by atoms with van der Waals surface area (Å²) in [7, 11) is -3.14. The van der Waals surface area contributed by atoms with E-state index in [-0.39, 0.29) is 12.0 Å². The van der Waals surface area contributed by atoms with Gasteiger partial charge < -0.3 is 5.11 Å². The molecule has 1 fully saturated rings. The molecule has 0 spiro atoms. The Morgan fingerprint density at radius 1 is 1.42 bits per heavy atom. The number of nitrogens with one attached hydrogen (secondary N) is 1. The molecule has 0 amide bonds. The maximum Gasteiger partial charge on any atom is 0.208 e. The van der Waals surface area contributed by atoms with Crippen LogP contribution in [0.25, 0.3) is 0 Å². The van der Waals surface area contributed by atoms with Gasteiger partial charge in [-0.25, -0.2) is 18.1 Å². The summed E-state index contributed by atoms with van der Waals surface area (Å²) in [5, 5.41) is 13.2. The Morgan fingerprint density at radius 3 is 2.53 bits per heavy atom. The lowest BCUT2D eigenvalue weighted by Gasteiger charge is -2.36. The lowest BCUT2D eigenvalue weighted by molar-refractivity contribution is -0.0240. The number of rotatable bonds is 4. The molecule has 0 bridgehead atoms. The Bertz CT molecular complexity index is 503. The second kappa shape index (κ2) is 5.47. The van der Waals surface area contributed by atoms with E-state index >= 15 is 0 Å². The van der Waals surface area contributed by atoms with Gasteiger partial charge in [0.2, 0.25) is 10.0 Å². The van der Waals surface area contributed by atoms with E-state index in [0.717, 1.165) is 30.7 Å². The van der Waals surface area contributed by atoms with Crippen molar-refractivity contribution in [1.29, 1.82) is 0 Å². The van der Waals surface area contributed by atoms with Gasteiger partial charge in [0.05, 0.1) is 6.26 Å². The third-order valence-electron chi connectivity index (χ3n) is 3.77. The standard InChI is InChI=1S/C12H20N2O3S2/c1-12(15,11-13-7-8-18-11)9-3-5-10(6-4-9)14-19(2,16)17/h7-10,14-15H,3-6H2,1-2H3. The van der Waals surface area contributed by atoms with E-state index in [2.05, 4.69) is 9.71 Å². The second-order valence-corrected chi connectivity index (χ2v) is 8.10. The Labute approximate surface area is 118 Å². The van der Waals surface area contributed by atoms with Gasteiger partial charge in [0.1, 0.15) is 10.6 Å². The molecule has 2 N–H and O–H groups in total. The minimum absolute atomic E-state index is 0.00153. The van der Waals surface area contributed by atoms with Gasteiger partial charge in [-0.2, -0.15) is 0 Å². The van der Waals surface area contributed by atoms with Gasteiger partial charge in [-0.05, 0) is 38.5 Å². The zero-order valence-corrected chi connectivity index (χ0v) is 12.8. The summed E-state index contributed by atoms with van der Waals surface area (Å²) in [6.45, 7) is 1.81. The van der Waals surface area contributed by atoms with Crippen LogP contribution in [0.15, 0.2) is 11.6 Å². The molecule has 0 saturated heterocycles. The van der Waals surface area contributed by atoms with Crippen LogP contribution in [0.1, 0.15) is 37.6 Å². The Morgan fingerprint density at radius 2 is 2.05 bits per heavy atom. The molecule has 1 unspecified atom stereocenters. The minimum Gasteiger partial charge on any atom is -0.383 e. The van der Waals surface area contributed by atoms with Crippen molar-refractivity contribution in [1.82, 2.24) is 9.71 Å². The number of sulfonamides is 1. The van der Waals surface area contributed by atoms with Crippen molar-refractivity contribution in [2.24, 2.45) is 5.92 Å². The summed E-state index contributed by atoms with van der Waals surface area (Å²) in [4.78, 5) is 4.20. The lowest BCUT2D eigenvalue weighted by atomic mass is 9.76. The SMILES string of the molecule is CC(O)(c1nccs1)C1CCC(NS(C)(=O)=O)CC1. The van der Waals surface area contributed by atoms with E-state index in [1.807, 2.05) is 5.38 Å². The van der Waals surface area contributed by atoms with Gasteiger partial charge in [0.15, 0.2) is 0 Å². The average molecular weight is 304 g/mol. The number of aliphatic hydroxyl groups is 1. The molecule has 2 rings (SSSR count). The van der Waals surface area contributed by atoms with Crippen molar-refractivity contribution in [2.75, 3.05) is 6.26 Å². The first-order chi connectivity index (χ1) is 8.79. The first kappa shape index (κ1) is 14.9. The largest absolute Gasteiger partial charge is 0.383 e. The molecule has 1 aromatic heterocycles. The summed E-state index contributed by atoms with van der Waals surface area (Å²) >= 11 is 1.46. The maximum absolute atomic E-state index is 11.2. The molecule has 7 heteroatoms. The molecule has 1 heterocycles. The molecule has 1 aromatic rings. The van der Waals surface area contributed by atoms with Crippen LogP contribution in [0, 0.1) is 5.92 Å². The van der Waals surface area contributed by atoms with Crippen molar-refractivity contribution in [2.45, 2.75) is 44.2 Å². The molecular weight excluding hydrogens is 284 g/mol. The summed E-state index contributed by atoms with van der Waals surface area (Å²) in [6, 6.07) is -0.00153. The topological polar surface area (TPSA) is 79.3 Å². The fraction of sp³-hybridized carbons (Fsp3) is 0.750. The van der Waals surface area contributed by atoms with Crippen molar-refractivity contribution in [3.8, 4) is 0 Å². The van der Waals surface area contributed by atoms with Crippen LogP contribution < -0.4 is 4.72 Å². The molecule has 1 aliphatic rings. The maximum atomic E-state index is 11.2. The molecule has 0 aliphatic heterocycles. The highest BCUT2D eigenvalue weighted by molar-refractivity contribution is 7.88. The van der Waals surface area contributed by atoms with E-state index in [9.17, 15) is 13.5 Å². The highest BCUT2D eigenvalue weighted by atomic mass is 32.2. The number of hydrogen-bond acceptors (Lipinski definition) is 5. The molecule has 108 valence electrons. The first-order valence-corrected chi connectivity index (χ1v) is 9.16. The molecule has 1 aliphatic carbocycles. The smallest absolute Gasteiger partial charge is 0.208 e. The van der Waals surface area contributed by atoms with E-state index < -0.39 is 15.6 Å². The Hall–Kier alpha value is -0.500. The van der Waals surface area contributed by atoms with Crippen LogP contribution in [0.5, 0.6) is 0 Å². The summed E-state index contributed by atoms with van der Waals surface area (Å²) in [5.74, 6) is 0.135. The predicted molar refractivity (Wildman–Crippen MR) is 75.4 cm³/mol. The van der Waals surface area contributed by atoms with Crippen LogP contribution in [0.2, 0.25) is 0 Å². The number of hydrogen-bond donors (Lipinski definition) is 2. The van der Waals surface area contributed by atoms with Gasteiger partial charge >= 0.3 is 0 Å². The highest BCUT2D eigenvalue weighted by Gasteiger charge is 2.38. The quantitative estimate of drug-likeness (QED) is 0.882. The lowest BCUT2D eigenvalue weighted by Crippen LogP contribution is -2.41. The highest BCUT2D eigenvalue weighted by Crippen LogP contribution is 2.39. The number of thiazole rings is 1. The Balaban J connectivity index is 1.97. The first-order valence-electron chi connectivity index (χ1n) is 6.38. The van der Waals surface area contributed by atoms with Crippen molar-refractivity contribution < 1.29 is 13.5 Å². The second-order valence-electron chi connectivity index (χ2n) is 5.42. The van der Waals surface area contributed by atoms with Gasteiger partial charge in [0.25, 0.3) is 0 Å². The molecule has 0 aromatic carbocycles. The van der Waals surface area contributed by atoms with Crippen molar-refractivity contribution in [3.63, 3.8) is 0 Å². The fourth-order valence-corrected chi connectivity index (χ4v) is 4.34. The normalized spacial score (nSPS) is 27.9.